The fraction of sp³-hybridized carbons (Fsp3) is 0.200. The van der Waals surface area contributed by atoms with Crippen LogP contribution in [0, 0.1) is 23.0 Å². The van der Waals surface area contributed by atoms with Crippen LogP contribution in [0.4, 0.5) is 13.2 Å². The van der Waals surface area contributed by atoms with Crippen molar-refractivity contribution in [1.29, 1.82) is 5.26 Å². The molecular weight excluding hydrogens is 412 g/mol. The number of terminal acetylenes is 1. The third-order valence-corrected chi connectivity index (χ3v) is 7.42. The molecule has 1 heterocycles. The summed E-state index contributed by atoms with van der Waals surface area (Å²) in [5, 5.41) is 18.8. The van der Waals surface area contributed by atoms with Crippen LogP contribution < -0.4 is 5.14 Å². The Bertz CT molecular complexity index is 1010. The van der Waals surface area contributed by atoms with Gasteiger partial charge in [-0.05, 0) is 19.1 Å². The van der Waals surface area contributed by atoms with Crippen molar-refractivity contribution in [1.82, 2.24) is 9.78 Å². The van der Waals surface area contributed by atoms with Crippen LogP contribution in [0.2, 0.25) is 10.0 Å². The second-order valence-electron chi connectivity index (χ2n) is 5.38. The predicted molar refractivity (Wildman–Crippen MR) is 93.1 cm³/mol. The molecule has 1 aromatic heterocycles. The number of hydrogen-bond acceptors (Lipinski definition) is 3. The Morgan fingerprint density at radius 2 is 1.92 bits per heavy atom. The van der Waals surface area contributed by atoms with Crippen LogP contribution in [0.25, 0.3) is 5.69 Å². The van der Waals surface area contributed by atoms with Crippen molar-refractivity contribution in [3.05, 3.63) is 40.1 Å². The Morgan fingerprint density at radius 1 is 1.38 bits per heavy atom. The monoisotopic (exact) mass is 422 g/mol. The van der Waals surface area contributed by atoms with Gasteiger partial charge >= 0.3 is 6.18 Å². The second kappa shape index (κ2) is 6.29. The zero-order valence-corrected chi connectivity index (χ0v) is 15.4. The quantitative estimate of drug-likeness (QED) is 0.603. The Morgan fingerprint density at radius 3 is 2.35 bits per heavy atom. The largest absolute Gasteiger partial charge is 0.416 e. The molecule has 26 heavy (non-hydrogen) atoms. The van der Waals surface area contributed by atoms with Gasteiger partial charge in [-0.1, -0.05) is 29.1 Å². The summed E-state index contributed by atoms with van der Waals surface area (Å²) in [5.74, 6) is 2.17. The molecule has 138 valence electrons. The third-order valence-electron chi connectivity index (χ3n) is 3.74. The number of aromatic nitrogens is 2. The minimum atomic E-state index is -4.64. The van der Waals surface area contributed by atoms with Gasteiger partial charge in [0.25, 0.3) is 0 Å². The van der Waals surface area contributed by atoms with E-state index in [1.54, 1.807) is 5.40 Å². The van der Waals surface area contributed by atoms with E-state index in [1.165, 1.54) is 6.92 Å². The second-order valence-corrected chi connectivity index (χ2v) is 9.69. The van der Waals surface area contributed by atoms with Crippen LogP contribution in [0.5, 0.6) is 0 Å². The summed E-state index contributed by atoms with van der Waals surface area (Å²) >= 11 is 11.8. The molecule has 0 saturated heterocycles. The van der Waals surface area contributed by atoms with Crippen molar-refractivity contribution in [2.45, 2.75) is 23.2 Å². The maximum Gasteiger partial charge on any atom is 0.416 e. The highest BCUT2D eigenvalue weighted by Gasteiger charge is 2.42. The minimum Gasteiger partial charge on any atom is -0.256 e. The number of nitrogens with two attached hydrogens (primary N) is 1. The molecule has 5 nitrogen and oxygen atoms in total. The summed E-state index contributed by atoms with van der Waals surface area (Å²) in [6, 6.07) is 1.35. The highest BCUT2D eigenvalue weighted by Crippen LogP contribution is 2.39. The van der Waals surface area contributed by atoms with E-state index in [0.29, 0.717) is 12.1 Å². The lowest BCUT2D eigenvalue weighted by molar-refractivity contribution is -0.137. The van der Waals surface area contributed by atoms with E-state index in [-0.39, 0.29) is 20.6 Å². The van der Waals surface area contributed by atoms with Gasteiger partial charge in [-0.25, -0.2) is 8.89 Å². The van der Waals surface area contributed by atoms with Gasteiger partial charge < -0.3 is 0 Å². The fourth-order valence-corrected chi connectivity index (χ4v) is 4.25. The number of nitriles is 1. The smallest absolute Gasteiger partial charge is 0.256 e. The molecule has 11 heteroatoms. The van der Waals surface area contributed by atoms with E-state index >= 15 is 0 Å². The molecule has 0 aliphatic rings. The van der Waals surface area contributed by atoms with Gasteiger partial charge in [0.2, 0.25) is 0 Å². The standard InChI is InChI=1S/C15H11Cl2F3N4OS/c1-3-9(2)26(22,25,8-21)11-6-23-24(7-11)14-12(16)4-10(5-13(14)17)15(18,19)20/h1,4-7,9H,2H3,(H2,22,25). The maximum absolute atomic E-state index is 13.1. The number of rotatable bonds is 3. The van der Waals surface area contributed by atoms with E-state index < -0.39 is 26.2 Å². The van der Waals surface area contributed by atoms with Crippen LogP contribution in [0.3, 0.4) is 0 Å². The molecule has 0 spiro atoms. The molecule has 2 rings (SSSR count). The van der Waals surface area contributed by atoms with Crippen molar-refractivity contribution in [2.24, 2.45) is 5.14 Å². The molecular formula is C15H11Cl2F3N4OS. The molecule has 1 aromatic carbocycles. The summed E-state index contributed by atoms with van der Waals surface area (Å²) in [6.45, 7) is 1.34. The number of alkyl halides is 3. The fourth-order valence-electron chi connectivity index (χ4n) is 2.07. The summed E-state index contributed by atoms with van der Waals surface area (Å²) < 4.78 is 52.5. The van der Waals surface area contributed by atoms with Crippen LogP contribution in [-0.4, -0.2) is 19.2 Å². The zero-order valence-electron chi connectivity index (χ0n) is 13.1. The lowest BCUT2D eigenvalue weighted by atomic mass is 10.2. The van der Waals surface area contributed by atoms with E-state index in [9.17, 15) is 22.6 Å². The van der Waals surface area contributed by atoms with E-state index in [0.717, 1.165) is 17.1 Å². The first-order valence-electron chi connectivity index (χ1n) is 6.79. The van der Waals surface area contributed by atoms with Gasteiger partial charge in [-0.15, -0.1) is 6.42 Å². The van der Waals surface area contributed by atoms with Crippen LogP contribution in [0.15, 0.2) is 29.4 Å². The first kappa shape index (κ1) is 20.3. The Balaban J connectivity index is 2.65. The van der Waals surface area contributed by atoms with Crippen molar-refractivity contribution in [3.8, 4) is 23.4 Å². The number of hydrogen-bond donors (Lipinski definition) is 1. The molecule has 0 aliphatic heterocycles. The molecule has 0 saturated carbocycles. The Kier molecular flexibility index (Phi) is 4.90. The first-order chi connectivity index (χ1) is 11.8. The highest BCUT2D eigenvalue weighted by molar-refractivity contribution is 8.22. The Labute approximate surface area is 157 Å². The van der Waals surface area contributed by atoms with E-state index in [1.807, 2.05) is 0 Å². The zero-order chi connectivity index (χ0) is 19.9. The van der Waals surface area contributed by atoms with Gasteiger partial charge in [0.1, 0.15) is 10.9 Å². The van der Waals surface area contributed by atoms with E-state index in [2.05, 4.69) is 11.0 Å². The van der Waals surface area contributed by atoms with E-state index in [4.69, 9.17) is 34.8 Å². The molecule has 2 N–H and O–H groups in total. The van der Waals surface area contributed by atoms with Gasteiger partial charge in [0.05, 0.1) is 36.0 Å². The third kappa shape index (κ3) is 3.19. The number of benzene rings is 1. The normalized spacial score (nSPS) is 14.7. The van der Waals surface area contributed by atoms with Crippen LogP contribution in [0.1, 0.15) is 12.5 Å². The number of nitrogens with zero attached hydrogens (tertiary/aromatic N) is 3. The van der Waals surface area contributed by atoms with Crippen molar-refractivity contribution < 1.29 is 17.4 Å². The highest BCUT2D eigenvalue weighted by atomic mass is 35.5. The average molecular weight is 423 g/mol. The van der Waals surface area contributed by atoms with Gasteiger partial charge in [-0.2, -0.15) is 23.5 Å². The summed E-state index contributed by atoms with van der Waals surface area (Å²) in [5.41, 5.74) is -1.13. The lowest BCUT2D eigenvalue weighted by Crippen LogP contribution is -2.49. The lowest BCUT2D eigenvalue weighted by Gasteiger charge is -2.32. The van der Waals surface area contributed by atoms with Crippen molar-refractivity contribution in [3.63, 3.8) is 0 Å². The van der Waals surface area contributed by atoms with Crippen molar-refractivity contribution >= 4 is 32.5 Å². The van der Waals surface area contributed by atoms with Gasteiger partial charge in [0, 0.05) is 6.20 Å². The SMILES string of the molecule is C#CC(C)S(N)(=O)(C#N)c1cnn(-c2c(Cl)cc(C(F)(F)F)cc2Cl)c1. The number of halogens is 5. The topological polar surface area (TPSA) is 84.7 Å². The Hall–Kier alpha value is -2.04. The molecule has 0 fully saturated rings. The van der Waals surface area contributed by atoms with Crippen molar-refractivity contribution in [2.75, 3.05) is 0 Å². The number of thiocyanates is 1. The summed E-state index contributed by atoms with van der Waals surface area (Å²) in [4.78, 5) is -0.179. The van der Waals surface area contributed by atoms with Crippen LogP contribution in [-0.2, 0) is 15.4 Å². The van der Waals surface area contributed by atoms with Gasteiger partial charge in [0.15, 0.2) is 5.40 Å². The molecule has 1 unspecified atom stereocenters. The van der Waals surface area contributed by atoms with Crippen LogP contribution >= 0.6 is 23.2 Å². The summed E-state index contributed by atoms with van der Waals surface area (Å²) in [6.07, 6.45) is 2.75. The average Bonchev–Trinajstić information content (AvgIpc) is 3.03. The minimum absolute atomic E-state index is 0.0893. The van der Waals surface area contributed by atoms with Gasteiger partial charge in [-0.3, -0.25) is 5.14 Å². The molecule has 1 atom stereocenters. The molecule has 0 aliphatic carbocycles. The molecule has 2 aromatic rings. The maximum atomic E-state index is 13.1. The predicted octanol–water partition coefficient (Wildman–Crippen LogP) is 3.75. The molecule has 0 bridgehead atoms. The summed E-state index contributed by atoms with van der Waals surface area (Å²) in [7, 11) is -4.62. The first-order valence-corrected chi connectivity index (χ1v) is 9.64. The molecule has 0 amide bonds. The molecule has 0 radical (unpaired) electrons.